The number of benzene rings is 2. The highest BCUT2D eigenvalue weighted by atomic mass is 16.5. The van der Waals surface area contributed by atoms with Gasteiger partial charge in [-0.05, 0) is 36.6 Å². The zero-order valence-electron chi connectivity index (χ0n) is 17.0. The van der Waals surface area contributed by atoms with Gasteiger partial charge in [0, 0.05) is 47.2 Å². The van der Waals surface area contributed by atoms with Crippen LogP contribution < -0.4 is 0 Å². The molecule has 1 unspecified atom stereocenters. The zero-order chi connectivity index (χ0) is 20.4. The van der Waals surface area contributed by atoms with Crippen LogP contribution in [-0.4, -0.2) is 21.7 Å². The van der Waals surface area contributed by atoms with E-state index in [1.54, 1.807) is 0 Å². The number of hydrogen-bond acceptors (Lipinski definition) is 2. The van der Waals surface area contributed by atoms with Gasteiger partial charge in [-0.25, -0.2) is 0 Å². The normalized spacial score (nSPS) is 12.3. The van der Waals surface area contributed by atoms with Gasteiger partial charge in [0.25, 0.3) is 0 Å². The molecule has 1 atom stereocenters. The lowest BCUT2D eigenvalue weighted by Crippen LogP contribution is -2.12. The Morgan fingerprint density at radius 2 is 1.66 bits per heavy atom. The molecule has 4 heteroatoms. The number of allylic oxidation sites excluding steroid dienone is 1. The Bertz CT molecular complexity index is 1180. The van der Waals surface area contributed by atoms with Crippen LogP contribution in [0.15, 0.2) is 73.6 Å². The van der Waals surface area contributed by atoms with Gasteiger partial charge in [0.1, 0.15) is 6.54 Å². The summed E-state index contributed by atoms with van der Waals surface area (Å²) in [6, 6.07) is 16.7. The molecule has 2 heterocycles. The lowest BCUT2D eigenvalue weighted by molar-refractivity contribution is -0.143. The summed E-state index contributed by atoms with van der Waals surface area (Å²) in [7, 11) is 2.08. The minimum Gasteiger partial charge on any atom is -0.465 e. The van der Waals surface area contributed by atoms with Crippen LogP contribution in [0.4, 0.5) is 0 Å². The smallest absolute Gasteiger partial charge is 0.325 e. The van der Waals surface area contributed by atoms with Crippen LogP contribution >= 0.6 is 0 Å². The van der Waals surface area contributed by atoms with Crippen LogP contribution in [-0.2, 0) is 23.1 Å². The van der Waals surface area contributed by atoms with Crippen molar-refractivity contribution in [3.63, 3.8) is 0 Å². The van der Waals surface area contributed by atoms with E-state index in [9.17, 15) is 4.79 Å². The Balaban J connectivity index is 1.88. The van der Waals surface area contributed by atoms with Crippen molar-refractivity contribution in [2.45, 2.75) is 25.8 Å². The SMILES string of the molecule is C=CCC(c1cn(C)c2ccccc12)c1cn(CC(=O)OCC)c2ccccc12. The highest BCUT2D eigenvalue weighted by Gasteiger charge is 2.22. The van der Waals surface area contributed by atoms with Crippen molar-refractivity contribution in [1.82, 2.24) is 9.13 Å². The standard InChI is InChI=1S/C25H26N2O2/c1-4-10-18(21-15-26(3)23-13-8-6-11-19(21)23)22-16-27(17-25(28)29-5-2)24-14-9-7-12-20(22)24/h4,6-9,11-16,18H,1,5,10,17H2,2-3H3. The number of esters is 1. The predicted molar refractivity (Wildman–Crippen MR) is 118 cm³/mol. The maximum absolute atomic E-state index is 12.1. The van der Waals surface area contributed by atoms with Crippen molar-refractivity contribution >= 4 is 27.8 Å². The molecule has 4 aromatic rings. The number of carbonyl (C=O) groups excluding carboxylic acids is 1. The monoisotopic (exact) mass is 386 g/mol. The number of nitrogens with zero attached hydrogens (tertiary/aromatic N) is 2. The molecule has 2 aromatic carbocycles. The van der Waals surface area contributed by atoms with E-state index in [0.29, 0.717) is 6.61 Å². The second-order valence-corrected chi connectivity index (χ2v) is 7.32. The topological polar surface area (TPSA) is 36.2 Å². The fraction of sp³-hybridized carbons (Fsp3) is 0.240. The molecule has 0 saturated heterocycles. The van der Waals surface area contributed by atoms with Gasteiger partial charge in [-0.3, -0.25) is 4.79 Å². The second kappa shape index (κ2) is 8.00. The minimum atomic E-state index is -0.217. The molecule has 0 bridgehead atoms. The molecular formula is C25H26N2O2. The van der Waals surface area contributed by atoms with E-state index in [2.05, 4.69) is 73.1 Å². The summed E-state index contributed by atoms with van der Waals surface area (Å²) in [5, 5.41) is 2.42. The maximum atomic E-state index is 12.1. The molecule has 0 fully saturated rings. The Morgan fingerprint density at radius 3 is 2.34 bits per heavy atom. The molecule has 0 aliphatic heterocycles. The Morgan fingerprint density at radius 1 is 1.03 bits per heavy atom. The Kier molecular flexibility index (Phi) is 5.26. The number of fused-ring (bicyclic) bond motifs is 2. The van der Waals surface area contributed by atoms with E-state index in [0.717, 1.165) is 17.3 Å². The van der Waals surface area contributed by atoms with Gasteiger partial charge < -0.3 is 13.9 Å². The van der Waals surface area contributed by atoms with Gasteiger partial charge in [-0.2, -0.15) is 0 Å². The van der Waals surface area contributed by atoms with Crippen molar-refractivity contribution in [2.24, 2.45) is 7.05 Å². The first-order valence-corrected chi connectivity index (χ1v) is 10.0. The number of aryl methyl sites for hydroxylation is 1. The zero-order valence-corrected chi connectivity index (χ0v) is 17.0. The summed E-state index contributed by atoms with van der Waals surface area (Å²) in [6.07, 6.45) is 7.12. The molecule has 0 radical (unpaired) electrons. The fourth-order valence-electron chi connectivity index (χ4n) is 4.27. The first-order chi connectivity index (χ1) is 14.1. The first kappa shape index (κ1) is 19.1. The van der Waals surface area contributed by atoms with Crippen molar-refractivity contribution in [3.05, 3.63) is 84.7 Å². The Labute approximate surface area is 171 Å². The van der Waals surface area contributed by atoms with Crippen molar-refractivity contribution < 1.29 is 9.53 Å². The van der Waals surface area contributed by atoms with Gasteiger partial charge in [-0.15, -0.1) is 6.58 Å². The van der Waals surface area contributed by atoms with E-state index in [4.69, 9.17) is 4.74 Å². The lowest BCUT2D eigenvalue weighted by Gasteiger charge is -2.14. The highest BCUT2D eigenvalue weighted by Crippen LogP contribution is 2.38. The molecule has 29 heavy (non-hydrogen) atoms. The summed E-state index contributed by atoms with van der Waals surface area (Å²) in [5.74, 6) is -0.0582. The van der Waals surface area contributed by atoms with Gasteiger partial charge in [0.2, 0.25) is 0 Å². The van der Waals surface area contributed by atoms with Crippen LogP contribution in [0.1, 0.15) is 30.4 Å². The summed E-state index contributed by atoms with van der Waals surface area (Å²) >= 11 is 0. The number of para-hydroxylation sites is 2. The van der Waals surface area contributed by atoms with Crippen LogP contribution in [0.25, 0.3) is 21.8 Å². The van der Waals surface area contributed by atoms with Crippen molar-refractivity contribution in [3.8, 4) is 0 Å². The molecule has 0 spiro atoms. The largest absolute Gasteiger partial charge is 0.465 e. The third-order valence-corrected chi connectivity index (χ3v) is 5.51. The van der Waals surface area contributed by atoms with Crippen LogP contribution in [0.2, 0.25) is 0 Å². The maximum Gasteiger partial charge on any atom is 0.325 e. The third kappa shape index (κ3) is 3.46. The highest BCUT2D eigenvalue weighted by molar-refractivity contribution is 5.89. The summed E-state index contributed by atoms with van der Waals surface area (Å²) in [4.78, 5) is 12.1. The number of aromatic nitrogens is 2. The van der Waals surface area contributed by atoms with Gasteiger partial charge in [0.05, 0.1) is 6.61 Å². The summed E-state index contributed by atoms with van der Waals surface area (Å²) in [6.45, 7) is 6.44. The number of carbonyl (C=O) groups is 1. The van der Waals surface area contributed by atoms with Crippen molar-refractivity contribution in [1.29, 1.82) is 0 Å². The molecule has 0 saturated carbocycles. The second-order valence-electron chi connectivity index (χ2n) is 7.32. The molecule has 0 aliphatic rings. The molecule has 0 N–H and O–H groups in total. The average molecular weight is 386 g/mol. The van der Waals surface area contributed by atoms with Crippen LogP contribution in [0.3, 0.4) is 0 Å². The molecule has 4 rings (SSSR count). The van der Waals surface area contributed by atoms with Gasteiger partial charge in [0.15, 0.2) is 0 Å². The first-order valence-electron chi connectivity index (χ1n) is 10.0. The molecule has 148 valence electrons. The van der Waals surface area contributed by atoms with Gasteiger partial charge >= 0.3 is 5.97 Å². The van der Waals surface area contributed by atoms with Gasteiger partial charge in [-0.1, -0.05) is 42.5 Å². The van der Waals surface area contributed by atoms with Crippen LogP contribution in [0, 0.1) is 0 Å². The number of rotatable bonds is 7. The van der Waals surface area contributed by atoms with E-state index < -0.39 is 0 Å². The molecular weight excluding hydrogens is 360 g/mol. The van der Waals surface area contributed by atoms with Crippen molar-refractivity contribution in [2.75, 3.05) is 6.61 Å². The molecule has 0 aliphatic carbocycles. The van der Waals surface area contributed by atoms with E-state index in [1.807, 2.05) is 23.6 Å². The predicted octanol–water partition coefficient (Wildman–Crippen LogP) is 5.40. The quantitative estimate of drug-likeness (QED) is 0.315. The summed E-state index contributed by atoms with van der Waals surface area (Å²) < 4.78 is 9.36. The number of hydrogen-bond donors (Lipinski definition) is 0. The third-order valence-electron chi connectivity index (χ3n) is 5.51. The van der Waals surface area contributed by atoms with E-state index in [-0.39, 0.29) is 18.4 Å². The fourth-order valence-corrected chi connectivity index (χ4v) is 4.27. The molecule has 0 amide bonds. The lowest BCUT2D eigenvalue weighted by atomic mass is 9.88. The Hall–Kier alpha value is -3.27. The molecule has 4 nitrogen and oxygen atoms in total. The number of ether oxygens (including phenoxy) is 1. The van der Waals surface area contributed by atoms with Crippen LogP contribution in [0.5, 0.6) is 0 Å². The molecule has 2 aromatic heterocycles. The van der Waals surface area contributed by atoms with E-state index in [1.165, 1.54) is 22.0 Å². The average Bonchev–Trinajstić information content (AvgIpc) is 3.25. The van der Waals surface area contributed by atoms with E-state index >= 15 is 0 Å². The minimum absolute atomic E-state index is 0.159. The summed E-state index contributed by atoms with van der Waals surface area (Å²) in [5.41, 5.74) is 4.75.